The molecule has 0 spiro atoms. The first-order chi connectivity index (χ1) is 18.1. The molecule has 4 rings (SSSR count). The molecule has 1 amide bonds. The molecule has 2 aromatic carbocycles. The van der Waals surface area contributed by atoms with Crippen molar-refractivity contribution in [1.29, 1.82) is 0 Å². The van der Waals surface area contributed by atoms with Gasteiger partial charge in [0, 0.05) is 23.7 Å². The van der Waals surface area contributed by atoms with Gasteiger partial charge in [-0.25, -0.2) is 22.5 Å². The van der Waals surface area contributed by atoms with Crippen molar-refractivity contribution in [3.63, 3.8) is 0 Å². The SMILES string of the molecule is C[C@@H]1CN(c2nc(-c3cc(F)cc(OCC(C)(C)O)c3)ccc2C(=O)NS(=O)(=O)c2ccccc2)C(C)(C)C1. The van der Waals surface area contributed by atoms with Gasteiger partial charge in [0.05, 0.1) is 21.8 Å². The first-order valence-electron chi connectivity index (χ1n) is 12.7. The van der Waals surface area contributed by atoms with Crippen LogP contribution in [0.3, 0.4) is 0 Å². The summed E-state index contributed by atoms with van der Waals surface area (Å²) in [5.74, 6) is -0.512. The molecule has 3 aromatic rings. The molecule has 0 bridgehead atoms. The first-order valence-corrected chi connectivity index (χ1v) is 14.2. The molecule has 2 heterocycles. The summed E-state index contributed by atoms with van der Waals surface area (Å²) in [6.45, 7) is 9.92. The lowest BCUT2D eigenvalue weighted by Gasteiger charge is -2.34. The summed E-state index contributed by atoms with van der Waals surface area (Å²) < 4.78 is 48.1. The highest BCUT2D eigenvalue weighted by Gasteiger charge is 2.39. The maximum Gasteiger partial charge on any atom is 0.268 e. The summed E-state index contributed by atoms with van der Waals surface area (Å²) in [7, 11) is -4.11. The van der Waals surface area contributed by atoms with Crippen molar-refractivity contribution < 1.29 is 27.4 Å². The van der Waals surface area contributed by atoms with Crippen LogP contribution in [-0.2, 0) is 10.0 Å². The fourth-order valence-electron chi connectivity index (χ4n) is 4.84. The lowest BCUT2D eigenvalue weighted by Crippen LogP contribution is -2.41. The average molecular weight is 556 g/mol. The van der Waals surface area contributed by atoms with Crippen LogP contribution in [0.15, 0.2) is 65.6 Å². The van der Waals surface area contributed by atoms with Crippen LogP contribution in [0.5, 0.6) is 5.75 Å². The van der Waals surface area contributed by atoms with E-state index in [2.05, 4.69) is 11.6 Å². The molecule has 1 aromatic heterocycles. The summed E-state index contributed by atoms with van der Waals surface area (Å²) >= 11 is 0. The largest absolute Gasteiger partial charge is 0.490 e. The predicted molar refractivity (Wildman–Crippen MR) is 148 cm³/mol. The first kappa shape index (κ1) is 28.5. The molecule has 10 heteroatoms. The third kappa shape index (κ3) is 6.75. The van der Waals surface area contributed by atoms with Gasteiger partial charge in [0.2, 0.25) is 0 Å². The molecule has 1 aliphatic rings. The Morgan fingerprint density at radius 1 is 1.18 bits per heavy atom. The number of aliphatic hydroxyl groups is 1. The highest BCUT2D eigenvalue weighted by molar-refractivity contribution is 7.90. The second kappa shape index (κ2) is 10.6. The summed E-state index contributed by atoms with van der Waals surface area (Å²) in [4.78, 5) is 20.1. The minimum Gasteiger partial charge on any atom is -0.490 e. The van der Waals surface area contributed by atoms with E-state index in [0.29, 0.717) is 29.5 Å². The van der Waals surface area contributed by atoms with Crippen molar-refractivity contribution in [2.24, 2.45) is 5.92 Å². The summed E-state index contributed by atoms with van der Waals surface area (Å²) in [6, 6.07) is 14.8. The number of nitrogens with one attached hydrogen (secondary N) is 1. The Morgan fingerprint density at radius 3 is 2.49 bits per heavy atom. The van der Waals surface area contributed by atoms with Gasteiger partial charge in [-0.1, -0.05) is 25.1 Å². The van der Waals surface area contributed by atoms with E-state index >= 15 is 0 Å². The van der Waals surface area contributed by atoms with Crippen LogP contribution in [0, 0.1) is 11.7 Å². The number of anilines is 1. The van der Waals surface area contributed by atoms with E-state index in [-0.39, 0.29) is 28.4 Å². The number of benzene rings is 2. The quantitative estimate of drug-likeness (QED) is 0.412. The number of nitrogens with zero attached hydrogens (tertiary/aromatic N) is 2. The lowest BCUT2D eigenvalue weighted by atomic mass is 9.97. The fourth-order valence-corrected chi connectivity index (χ4v) is 5.83. The molecule has 1 atom stereocenters. The van der Waals surface area contributed by atoms with Gasteiger partial charge in [0.25, 0.3) is 15.9 Å². The molecule has 8 nitrogen and oxygen atoms in total. The Labute approximate surface area is 228 Å². The monoisotopic (exact) mass is 555 g/mol. The van der Waals surface area contributed by atoms with E-state index in [1.54, 1.807) is 44.2 Å². The minimum atomic E-state index is -4.11. The van der Waals surface area contributed by atoms with Crippen molar-refractivity contribution in [2.75, 3.05) is 18.1 Å². The Bertz CT molecular complexity index is 1470. The van der Waals surface area contributed by atoms with E-state index in [9.17, 15) is 22.7 Å². The summed E-state index contributed by atoms with van der Waals surface area (Å²) in [5.41, 5.74) is -0.576. The lowest BCUT2D eigenvalue weighted by molar-refractivity contribution is 0.0284. The van der Waals surface area contributed by atoms with Crippen molar-refractivity contribution in [3.8, 4) is 17.0 Å². The van der Waals surface area contributed by atoms with E-state index in [1.165, 1.54) is 30.3 Å². The fraction of sp³-hybridized carbons (Fsp3) is 0.379. The van der Waals surface area contributed by atoms with Crippen LogP contribution < -0.4 is 14.4 Å². The third-order valence-corrected chi connectivity index (χ3v) is 7.83. The Hall–Kier alpha value is -3.50. The number of ether oxygens (including phenoxy) is 1. The number of carbonyl (C=O) groups is 1. The second-order valence-electron chi connectivity index (χ2n) is 11.3. The standard InChI is InChI=1S/C29H34FN3O5S/c1-19-16-28(2,3)33(17-19)26-24(27(34)32-39(36,37)23-9-7-6-8-10-23)11-12-25(31-26)20-13-21(30)15-22(14-20)38-18-29(4,5)35/h6-15,19,35H,16-18H2,1-5H3,(H,32,34)/t19-/m0/s1. The molecular weight excluding hydrogens is 521 g/mol. The van der Waals surface area contributed by atoms with Gasteiger partial charge in [-0.3, -0.25) is 4.79 Å². The highest BCUT2D eigenvalue weighted by atomic mass is 32.2. The number of carbonyl (C=O) groups excluding carboxylic acids is 1. The zero-order valence-corrected chi connectivity index (χ0v) is 23.5. The van der Waals surface area contributed by atoms with Crippen molar-refractivity contribution in [1.82, 2.24) is 9.71 Å². The van der Waals surface area contributed by atoms with Crippen LogP contribution in [-0.4, -0.2) is 48.7 Å². The van der Waals surface area contributed by atoms with E-state index < -0.39 is 27.3 Å². The second-order valence-corrected chi connectivity index (χ2v) is 13.0. The number of hydrogen-bond acceptors (Lipinski definition) is 7. The van der Waals surface area contributed by atoms with Crippen molar-refractivity contribution in [2.45, 2.75) is 57.1 Å². The van der Waals surface area contributed by atoms with Gasteiger partial charge in [-0.15, -0.1) is 0 Å². The third-order valence-electron chi connectivity index (χ3n) is 6.49. The van der Waals surface area contributed by atoms with Gasteiger partial charge >= 0.3 is 0 Å². The molecule has 0 unspecified atom stereocenters. The minimum absolute atomic E-state index is 0.0297. The number of aromatic nitrogens is 1. The maximum absolute atomic E-state index is 14.6. The van der Waals surface area contributed by atoms with Crippen molar-refractivity contribution in [3.05, 3.63) is 72.0 Å². The van der Waals surface area contributed by atoms with Gasteiger partial charge < -0.3 is 14.7 Å². The predicted octanol–water partition coefficient (Wildman–Crippen LogP) is 4.78. The average Bonchev–Trinajstić information content (AvgIpc) is 3.13. The van der Waals surface area contributed by atoms with Gasteiger partial charge in [0.1, 0.15) is 24.0 Å². The molecule has 1 aliphatic heterocycles. The van der Waals surface area contributed by atoms with E-state index in [0.717, 1.165) is 6.42 Å². The molecule has 1 saturated heterocycles. The Balaban J connectivity index is 1.76. The van der Waals surface area contributed by atoms with E-state index in [4.69, 9.17) is 9.72 Å². The molecule has 0 saturated carbocycles. The molecule has 1 fully saturated rings. The number of rotatable bonds is 8. The molecule has 2 N–H and O–H groups in total. The molecule has 39 heavy (non-hydrogen) atoms. The summed E-state index contributed by atoms with van der Waals surface area (Å²) in [6.07, 6.45) is 0.844. The van der Waals surface area contributed by atoms with Gasteiger partial charge in [-0.2, -0.15) is 0 Å². The van der Waals surface area contributed by atoms with E-state index in [1.807, 2.05) is 18.7 Å². The van der Waals surface area contributed by atoms with Crippen LogP contribution in [0.1, 0.15) is 51.4 Å². The van der Waals surface area contributed by atoms with Crippen LogP contribution in [0.4, 0.5) is 10.2 Å². The number of pyridine rings is 1. The molecular formula is C29H34FN3O5S. The molecule has 0 radical (unpaired) electrons. The Morgan fingerprint density at radius 2 is 1.87 bits per heavy atom. The van der Waals surface area contributed by atoms with Crippen LogP contribution >= 0.6 is 0 Å². The normalized spacial score (nSPS) is 17.2. The zero-order valence-electron chi connectivity index (χ0n) is 22.7. The smallest absolute Gasteiger partial charge is 0.268 e. The van der Waals surface area contributed by atoms with Gasteiger partial charge in [-0.05, 0) is 76.4 Å². The molecule has 208 valence electrons. The maximum atomic E-state index is 14.6. The molecule has 0 aliphatic carbocycles. The highest BCUT2D eigenvalue weighted by Crippen LogP contribution is 2.38. The van der Waals surface area contributed by atoms with Crippen LogP contribution in [0.25, 0.3) is 11.3 Å². The topological polar surface area (TPSA) is 109 Å². The summed E-state index contributed by atoms with van der Waals surface area (Å²) in [5, 5.41) is 9.98. The Kier molecular flexibility index (Phi) is 7.73. The van der Waals surface area contributed by atoms with Gasteiger partial charge in [0.15, 0.2) is 0 Å². The number of hydrogen-bond donors (Lipinski definition) is 2. The zero-order chi connectivity index (χ0) is 28.6. The number of sulfonamides is 1. The number of halogens is 1. The van der Waals surface area contributed by atoms with Crippen LogP contribution in [0.2, 0.25) is 0 Å². The van der Waals surface area contributed by atoms with Crippen molar-refractivity contribution >= 4 is 21.7 Å². The number of amides is 1.